The number of thioether (sulfide) groups is 2. The number of hydrogen-bond donors (Lipinski definition) is 18. The van der Waals surface area contributed by atoms with Crippen molar-refractivity contribution in [3.8, 4) is 0 Å². The number of aliphatic carboxylic acids is 1. The Bertz CT molecular complexity index is 2410. The van der Waals surface area contributed by atoms with Gasteiger partial charge in [0.1, 0.15) is 61.0 Å². The summed E-state index contributed by atoms with van der Waals surface area (Å²) in [5, 5.41) is 49.9. The maximum atomic E-state index is 14.4. The van der Waals surface area contributed by atoms with Crippen LogP contribution in [0.5, 0.6) is 0 Å². The van der Waals surface area contributed by atoms with Crippen molar-refractivity contribution in [1.82, 2.24) is 58.5 Å². The third kappa shape index (κ3) is 34.1. The molecule has 0 saturated carbocycles. The van der Waals surface area contributed by atoms with Gasteiger partial charge in [-0.25, -0.2) is 9.59 Å². The summed E-state index contributed by atoms with van der Waals surface area (Å²) in [5.74, 6) is -8.95. The number of ether oxygens (including phenoxy) is 2. The second-order valence-electron chi connectivity index (χ2n) is 22.8. The lowest BCUT2D eigenvalue weighted by Crippen LogP contribution is -2.60. The molecule has 35 heteroatoms. The van der Waals surface area contributed by atoms with Crippen LogP contribution in [-0.4, -0.2) is 228 Å². The molecule has 0 bridgehead atoms. The van der Waals surface area contributed by atoms with E-state index in [9.17, 15) is 72.5 Å². The number of aliphatic hydroxyl groups excluding tert-OH is 1. The van der Waals surface area contributed by atoms with Gasteiger partial charge in [-0.3, -0.25) is 52.7 Å². The predicted octanol–water partition coefficient (Wildman–Crippen LogP) is -3.35. The van der Waals surface area contributed by atoms with Gasteiger partial charge in [-0.1, -0.05) is 6.42 Å². The first kappa shape index (κ1) is 82.9. The van der Waals surface area contributed by atoms with E-state index in [1.54, 1.807) is 0 Å². The van der Waals surface area contributed by atoms with Crippen molar-refractivity contribution in [1.29, 1.82) is 0 Å². The Hall–Kier alpha value is -6.24. The lowest BCUT2D eigenvalue weighted by Gasteiger charge is -2.28. The molecule has 2 heterocycles. The smallest absolute Gasteiger partial charge is 0.326 e. The van der Waals surface area contributed by atoms with Gasteiger partial charge in [0, 0.05) is 62.0 Å². The number of carbonyl (C=O) groups is 13. The minimum Gasteiger partial charge on any atom is -0.480 e. The number of fused-ring (bicyclic) bond motifs is 1. The van der Waals surface area contributed by atoms with Crippen LogP contribution in [0.4, 0.5) is 4.79 Å². The molecule has 12 atom stereocenters. The van der Waals surface area contributed by atoms with Gasteiger partial charge in [0.15, 0.2) is 0 Å². The minimum absolute atomic E-state index is 0.0000638. The van der Waals surface area contributed by atoms with Gasteiger partial charge in [0.05, 0.1) is 18.7 Å². The molecule has 32 nitrogen and oxygen atoms in total. The number of unbranched alkanes of at least 4 members (excludes halogenated alkanes) is 6. The van der Waals surface area contributed by atoms with Crippen molar-refractivity contribution >= 4 is 113 Å². The Morgan fingerprint density at radius 3 is 1.45 bits per heavy atom. The number of rotatable bonds is 51. The van der Waals surface area contributed by atoms with Crippen molar-refractivity contribution in [2.24, 2.45) is 22.9 Å². The van der Waals surface area contributed by atoms with Gasteiger partial charge >= 0.3 is 23.9 Å². The van der Waals surface area contributed by atoms with Gasteiger partial charge in [0.2, 0.25) is 53.2 Å². The number of amides is 11. The number of urea groups is 1. The molecule has 0 aliphatic carbocycles. The highest BCUT2D eigenvalue weighted by molar-refractivity contribution is 8.00. The number of esters is 2. The summed E-state index contributed by atoms with van der Waals surface area (Å²) in [6, 6.07) is -11.0. The predicted molar refractivity (Wildman–Crippen MR) is 352 cm³/mol. The van der Waals surface area contributed by atoms with Crippen LogP contribution < -0.4 is 81.4 Å². The lowest BCUT2D eigenvalue weighted by atomic mass is 10.0. The summed E-state index contributed by atoms with van der Waals surface area (Å²) < 4.78 is 10.1. The van der Waals surface area contributed by atoms with E-state index < -0.39 is 126 Å². The number of hydrogen-bond acceptors (Lipinski definition) is 23. The second kappa shape index (κ2) is 47.6. The molecule has 2 rings (SSSR count). The molecule has 0 spiro atoms. The quantitative estimate of drug-likeness (QED) is 0.0122. The molecule has 2 aliphatic heterocycles. The summed E-state index contributed by atoms with van der Waals surface area (Å²) in [7, 11) is 0. The van der Waals surface area contributed by atoms with E-state index >= 15 is 0 Å². The molecule has 12 unspecified atom stereocenters. The number of carboxylic acid groups (broad SMARTS) is 1. The molecule has 0 radical (unpaired) electrons. The Morgan fingerprint density at radius 2 is 1.00 bits per heavy atom. The Balaban J connectivity index is 2.19. The van der Waals surface area contributed by atoms with Gasteiger partial charge in [-0.2, -0.15) is 36.2 Å². The van der Waals surface area contributed by atoms with E-state index in [4.69, 9.17) is 32.4 Å². The third-order valence-electron chi connectivity index (χ3n) is 15.0. The molecule has 11 amide bonds. The maximum Gasteiger partial charge on any atom is 0.326 e. The van der Waals surface area contributed by atoms with Gasteiger partial charge in [-0.05, 0) is 135 Å². The Morgan fingerprint density at radius 1 is 0.559 bits per heavy atom. The summed E-state index contributed by atoms with van der Waals surface area (Å²) >= 11 is 7.12. The molecule has 0 aromatic carbocycles. The molecular formula is C58H103N15O17S3. The first-order valence-electron chi connectivity index (χ1n) is 31.9. The van der Waals surface area contributed by atoms with Crippen LogP contribution in [0, 0.1) is 0 Å². The second-order valence-corrected chi connectivity index (χ2v) is 25.5. The highest BCUT2D eigenvalue weighted by Gasteiger charge is 2.43. The SMILES string of the molecule is CC(=O)NC(CSCC(COC(C)=O)OC(C)=O)C(=O)NC(CO)C(=O)NC(CCCCN)C(=O)NC(CCCCN)C(=O)NC(CCCCN)C(=O)NC(CCCCN)C(=O)NC(CS)C(=O)NC(CCCCNC(=O)CCCCC1SCC2NC(=O)NC21)C(=O)O. The van der Waals surface area contributed by atoms with Crippen LogP contribution in [0.3, 0.4) is 0 Å². The Kier molecular flexibility index (Phi) is 42.4. The Labute approximate surface area is 557 Å². The highest BCUT2D eigenvalue weighted by atomic mass is 32.2. The lowest BCUT2D eigenvalue weighted by molar-refractivity contribution is -0.154. The number of aliphatic hydroxyl groups is 1. The van der Waals surface area contributed by atoms with Crippen LogP contribution in [0.15, 0.2) is 0 Å². The first-order valence-corrected chi connectivity index (χ1v) is 34.7. The van der Waals surface area contributed by atoms with Crippen molar-refractivity contribution in [2.45, 2.75) is 215 Å². The highest BCUT2D eigenvalue weighted by Crippen LogP contribution is 2.33. The summed E-state index contributed by atoms with van der Waals surface area (Å²) in [4.78, 5) is 170. The summed E-state index contributed by atoms with van der Waals surface area (Å²) in [6.45, 7) is 3.44. The van der Waals surface area contributed by atoms with Crippen molar-refractivity contribution in [2.75, 3.05) is 68.9 Å². The topological polar surface area (TPSA) is 517 Å². The summed E-state index contributed by atoms with van der Waals surface area (Å²) in [6.07, 6.45) is 5.49. The molecule has 93 heavy (non-hydrogen) atoms. The normalized spacial score (nSPS) is 17.7. The number of nitrogens with one attached hydrogen (secondary N) is 11. The minimum atomic E-state index is -1.67. The van der Waals surface area contributed by atoms with E-state index in [0.29, 0.717) is 82.3 Å². The van der Waals surface area contributed by atoms with Crippen LogP contribution in [0.1, 0.15) is 143 Å². The zero-order valence-corrected chi connectivity index (χ0v) is 56.3. The van der Waals surface area contributed by atoms with Gasteiger partial charge < -0.3 is 101 Å². The molecule has 0 aromatic heterocycles. The van der Waals surface area contributed by atoms with Crippen LogP contribution >= 0.6 is 36.2 Å². The van der Waals surface area contributed by atoms with E-state index in [1.165, 1.54) is 6.92 Å². The number of carboxylic acids is 1. The molecule has 21 N–H and O–H groups in total. The average Bonchev–Trinajstić information content (AvgIpc) is 1.70. The molecule has 2 saturated heterocycles. The van der Waals surface area contributed by atoms with Crippen LogP contribution in [0.25, 0.3) is 0 Å². The van der Waals surface area contributed by atoms with Crippen LogP contribution in [-0.2, 0) is 67.0 Å². The molecule has 530 valence electrons. The van der Waals surface area contributed by atoms with E-state index in [-0.39, 0.29) is 113 Å². The zero-order chi connectivity index (χ0) is 69.3. The van der Waals surface area contributed by atoms with Crippen molar-refractivity contribution in [3.05, 3.63) is 0 Å². The summed E-state index contributed by atoms with van der Waals surface area (Å²) in [5.41, 5.74) is 23.1. The monoisotopic (exact) mass is 1380 g/mol. The van der Waals surface area contributed by atoms with Crippen molar-refractivity contribution < 1.29 is 82.0 Å². The number of nitrogens with two attached hydrogens (primary N) is 4. The number of carbonyl (C=O) groups excluding carboxylic acids is 12. The average molecular weight is 1380 g/mol. The van der Waals surface area contributed by atoms with Gasteiger partial charge in [0.25, 0.3) is 0 Å². The van der Waals surface area contributed by atoms with Crippen molar-refractivity contribution in [3.63, 3.8) is 0 Å². The fourth-order valence-corrected chi connectivity index (χ4v) is 12.8. The first-order chi connectivity index (χ1) is 44.4. The third-order valence-corrected chi connectivity index (χ3v) is 18.0. The maximum absolute atomic E-state index is 14.4. The largest absolute Gasteiger partial charge is 0.480 e. The fourth-order valence-electron chi connectivity index (χ4n) is 9.97. The number of thiol groups is 1. The fraction of sp³-hybridized carbons (Fsp3) is 0.776. The zero-order valence-electron chi connectivity index (χ0n) is 53.7. The van der Waals surface area contributed by atoms with E-state index in [0.717, 1.165) is 44.2 Å². The molecule has 2 fully saturated rings. The molecule has 0 aromatic rings. The van der Waals surface area contributed by atoms with Gasteiger partial charge in [-0.15, -0.1) is 0 Å². The standard InChI is InChI=1S/C58H103N15O17S3/c1-34(75)64-46(32-92-31-37(90-36(3)77)29-89-35(2)76)56(85)70-43(28-74)54(83)68-40(18-8-13-25-61)52(81)66-38(16-6-11-23-59)50(79)65-39(17-7-12-24-60)51(80)67-41(19-9-14-26-62)53(82)71-44(30-91)55(84)69-42(57(86)87)20-10-15-27-63-48(78)22-5-4-21-47-49-45(33-93-47)72-58(88)73-49/h37-47,49,74,91H,4-33,59-62H2,1-3H3,(H,63,78)(H,64,75)(H,65,79)(H,66,81)(H,67,80)(H,68,83)(H,69,84)(H,70,85)(H,71,82)(H,86,87)(H2,72,73,88). The van der Waals surface area contributed by atoms with E-state index in [1.807, 2.05) is 11.8 Å². The van der Waals surface area contributed by atoms with E-state index in [2.05, 4.69) is 71.1 Å². The molecule has 2 aliphatic rings. The van der Waals surface area contributed by atoms with Crippen LogP contribution in [0.2, 0.25) is 0 Å². The molecular weight excluding hydrogens is 1270 g/mol.